The van der Waals surface area contributed by atoms with Crippen molar-refractivity contribution in [3.05, 3.63) is 82.8 Å². The van der Waals surface area contributed by atoms with Gasteiger partial charge in [-0.25, -0.2) is 9.97 Å². The second kappa shape index (κ2) is 8.45. The molecule has 0 saturated carbocycles. The molecule has 0 bridgehead atoms. The fraction of sp³-hybridized carbons (Fsp3) is 0.227. The number of benzene rings is 2. The number of amides is 1. The molecule has 2 N–H and O–H groups in total. The molecule has 1 heterocycles. The van der Waals surface area contributed by atoms with E-state index >= 15 is 0 Å². The summed E-state index contributed by atoms with van der Waals surface area (Å²) in [6.07, 6.45) is 0.782. The molecule has 0 aliphatic heterocycles. The van der Waals surface area contributed by atoms with Gasteiger partial charge in [-0.1, -0.05) is 48.5 Å². The lowest BCUT2D eigenvalue weighted by Gasteiger charge is -2.13. The SMILES string of the molecule is Cc1nc(Nc2c(C)cccc2C)cc(C(=O)NCCc2ccccc2)n1. The summed E-state index contributed by atoms with van der Waals surface area (Å²) in [7, 11) is 0. The molecule has 0 saturated heterocycles. The van der Waals surface area contributed by atoms with Gasteiger partial charge in [-0.2, -0.15) is 0 Å². The van der Waals surface area contributed by atoms with Crippen LogP contribution in [0.2, 0.25) is 0 Å². The number of carbonyl (C=O) groups is 1. The van der Waals surface area contributed by atoms with Gasteiger partial charge in [0.25, 0.3) is 5.91 Å². The maximum Gasteiger partial charge on any atom is 0.270 e. The van der Waals surface area contributed by atoms with Crippen LogP contribution in [0.3, 0.4) is 0 Å². The third kappa shape index (κ3) is 4.91. The molecule has 27 heavy (non-hydrogen) atoms. The molecule has 138 valence electrons. The number of nitrogens with one attached hydrogen (secondary N) is 2. The topological polar surface area (TPSA) is 66.9 Å². The second-order valence-electron chi connectivity index (χ2n) is 6.57. The van der Waals surface area contributed by atoms with Gasteiger partial charge in [0, 0.05) is 18.3 Å². The molecule has 5 heteroatoms. The number of aromatic nitrogens is 2. The first-order chi connectivity index (χ1) is 13.0. The minimum absolute atomic E-state index is 0.194. The van der Waals surface area contributed by atoms with Gasteiger partial charge in [-0.05, 0) is 43.9 Å². The van der Waals surface area contributed by atoms with Crippen molar-refractivity contribution in [2.24, 2.45) is 0 Å². The van der Waals surface area contributed by atoms with Gasteiger partial charge in [-0.3, -0.25) is 4.79 Å². The van der Waals surface area contributed by atoms with Crippen LogP contribution in [-0.2, 0) is 6.42 Å². The molecule has 3 rings (SSSR count). The molecule has 0 aliphatic rings. The average Bonchev–Trinajstić information content (AvgIpc) is 2.65. The van der Waals surface area contributed by atoms with Crippen molar-refractivity contribution < 1.29 is 4.79 Å². The van der Waals surface area contributed by atoms with E-state index in [0.29, 0.717) is 23.9 Å². The number of nitrogens with zero attached hydrogens (tertiary/aromatic N) is 2. The highest BCUT2D eigenvalue weighted by Gasteiger charge is 2.11. The van der Waals surface area contributed by atoms with Gasteiger partial charge >= 0.3 is 0 Å². The van der Waals surface area contributed by atoms with E-state index in [1.165, 1.54) is 5.56 Å². The van der Waals surface area contributed by atoms with E-state index in [-0.39, 0.29) is 5.91 Å². The van der Waals surface area contributed by atoms with Gasteiger partial charge in [0.1, 0.15) is 17.3 Å². The van der Waals surface area contributed by atoms with Crippen LogP contribution in [0, 0.1) is 20.8 Å². The molecule has 0 unspecified atom stereocenters. The van der Waals surface area contributed by atoms with Crippen LogP contribution in [-0.4, -0.2) is 22.4 Å². The predicted octanol–water partition coefficient (Wildman–Crippen LogP) is 4.12. The Hall–Kier alpha value is -3.21. The Kier molecular flexibility index (Phi) is 5.81. The molecule has 3 aromatic rings. The summed E-state index contributed by atoms with van der Waals surface area (Å²) in [5.74, 6) is 0.980. The number of hydrogen-bond acceptors (Lipinski definition) is 4. The summed E-state index contributed by atoms with van der Waals surface area (Å²) in [6, 6.07) is 17.9. The van der Waals surface area contributed by atoms with Crippen LogP contribution in [0.15, 0.2) is 54.6 Å². The number of aryl methyl sites for hydroxylation is 3. The van der Waals surface area contributed by atoms with Crippen molar-refractivity contribution in [3.8, 4) is 0 Å². The van der Waals surface area contributed by atoms with Crippen molar-refractivity contribution in [2.75, 3.05) is 11.9 Å². The van der Waals surface area contributed by atoms with E-state index < -0.39 is 0 Å². The number of anilines is 2. The third-order valence-corrected chi connectivity index (χ3v) is 4.35. The summed E-state index contributed by atoms with van der Waals surface area (Å²) in [5, 5.41) is 6.26. The zero-order chi connectivity index (χ0) is 19.2. The third-order valence-electron chi connectivity index (χ3n) is 4.35. The molecule has 5 nitrogen and oxygen atoms in total. The molecular weight excluding hydrogens is 336 g/mol. The standard InChI is InChI=1S/C22H24N4O/c1-15-8-7-9-16(2)21(15)26-20-14-19(24-17(3)25-20)22(27)23-13-12-18-10-5-4-6-11-18/h4-11,14H,12-13H2,1-3H3,(H,23,27)(H,24,25,26). The lowest BCUT2D eigenvalue weighted by atomic mass is 10.1. The maximum atomic E-state index is 12.5. The lowest BCUT2D eigenvalue weighted by molar-refractivity contribution is 0.0949. The molecule has 0 radical (unpaired) electrons. The smallest absolute Gasteiger partial charge is 0.270 e. The van der Waals surface area contributed by atoms with Gasteiger partial charge in [0.15, 0.2) is 0 Å². The van der Waals surface area contributed by atoms with Gasteiger partial charge in [0.05, 0.1) is 0 Å². The number of hydrogen-bond donors (Lipinski definition) is 2. The van der Waals surface area contributed by atoms with Crippen molar-refractivity contribution in [2.45, 2.75) is 27.2 Å². The van der Waals surface area contributed by atoms with E-state index in [0.717, 1.165) is 23.2 Å². The number of rotatable bonds is 6. The van der Waals surface area contributed by atoms with Crippen molar-refractivity contribution >= 4 is 17.4 Å². The molecule has 2 aromatic carbocycles. The van der Waals surface area contributed by atoms with E-state index in [1.54, 1.807) is 13.0 Å². The second-order valence-corrected chi connectivity index (χ2v) is 6.57. The predicted molar refractivity (Wildman–Crippen MR) is 108 cm³/mol. The van der Waals surface area contributed by atoms with E-state index in [9.17, 15) is 4.79 Å². The van der Waals surface area contributed by atoms with Crippen LogP contribution in [0.4, 0.5) is 11.5 Å². The van der Waals surface area contributed by atoms with Crippen LogP contribution in [0.5, 0.6) is 0 Å². The highest BCUT2D eigenvalue weighted by atomic mass is 16.1. The van der Waals surface area contributed by atoms with Crippen molar-refractivity contribution in [1.29, 1.82) is 0 Å². The Morgan fingerprint density at radius 2 is 1.63 bits per heavy atom. The van der Waals surface area contributed by atoms with Crippen molar-refractivity contribution in [3.63, 3.8) is 0 Å². The van der Waals surface area contributed by atoms with Crippen LogP contribution < -0.4 is 10.6 Å². The minimum atomic E-state index is -0.194. The molecule has 1 amide bonds. The molecule has 0 spiro atoms. The van der Waals surface area contributed by atoms with Gasteiger partial charge in [0.2, 0.25) is 0 Å². The first-order valence-electron chi connectivity index (χ1n) is 9.04. The number of para-hydroxylation sites is 1. The Bertz CT molecular complexity index is 918. The zero-order valence-corrected chi connectivity index (χ0v) is 15.9. The highest BCUT2D eigenvalue weighted by molar-refractivity contribution is 5.93. The summed E-state index contributed by atoms with van der Waals surface area (Å²) in [4.78, 5) is 21.2. The summed E-state index contributed by atoms with van der Waals surface area (Å²) in [5.41, 5.74) is 4.81. The Morgan fingerprint density at radius 1 is 0.926 bits per heavy atom. The summed E-state index contributed by atoms with van der Waals surface area (Å²) in [6.45, 7) is 6.43. The minimum Gasteiger partial charge on any atom is -0.350 e. The first kappa shape index (κ1) is 18.6. The van der Waals surface area contributed by atoms with Gasteiger partial charge in [-0.15, -0.1) is 0 Å². The molecular formula is C22H24N4O. The maximum absolute atomic E-state index is 12.5. The Labute approximate surface area is 159 Å². The summed E-state index contributed by atoms with van der Waals surface area (Å²) < 4.78 is 0. The Balaban J connectivity index is 1.70. The molecule has 0 atom stereocenters. The van der Waals surface area contributed by atoms with Crippen LogP contribution >= 0.6 is 0 Å². The zero-order valence-electron chi connectivity index (χ0n) is 15.9. The number of carbonyl (C=O) groups excluding carboxylic acids is 1. The van der Waals surface area contributed by atoms with Crippen molar-refractivity contribution in [1.82, 2.24) is 15.3 Å². The Morgan fingerprint density at radius 3 is 2.33 bits per heavy atom. The molecule has 0 aliphatic carbocycles. The van der Waals surface area contributed by atoms with Crippen LogP contribution in [0.25, 0.3) is 0 Å². The fourth-order valence-corrected chi connectivity index (χ4v) is 2.94. The molecule has 0 fully saturated rings. The lowest BCUT2D eigenvalue weighted by Crippen LogP contribution is -2.27. The highest BCUT2D eigenvalue weighted by Crippen LogP contribution is 2.23. The van der Waals surface area contributed by atoms with E-state index in [4.69, 9.17) is 0 Å². The van der Waals surface area contributed by atoms with E-state index in [2.05, 4.69) is 20.6 Å². The monoisotopic (exact) mass is 360 g/mol. The quantitative estimate of drug-likeness (QED) is 0.694. The van der Waals surface area contributed by atoms with Gasteiger partial charge < -0.3 is 10.6 Å². The average molecular weight is 360 g/mol. The first-order valence-corrected chi connectivity index (χ1v) is 9.04. The van der Waals surface area contributed by atoms with Crippen LogP contribution in [0.1, 0.15) is 33.0 Å². The normalized spacial score (nSPS) is 10.5. The summed E-state index contributed by atoms with van der Waals surface area (Å²) >= 11 is 0. The largest absolute Gasteiger partial charge is 0.350 e. The fourth-order valence-electron chi connectivity index (χ4n) is 2.94. The van der Waals surface area contributed by atoms with E-state index in [1.807, 2.05) is 62.4 Å². The molecule has 1 aromatic heterocycles.